The summed E-state index contributed by atoms with van der Waals surface area (Å²) in [5, 5.41) is 4.44. The topological polar surface area (TPSA) is 38.8 Å². The summed E-state index contributed by atoms with van der Waals surface area (Å²) < 4.78 is 0. The predicted octanol–water partition coefficient (Wildman–Crippen LogP) is 4.34. The first-order valence-electron chi connectivity index (χ1n) is 10.3. The molecule has 7 heteroatoms. The molecule has 1 aliphatic heterocycles. The van der Waals surface area contributed by atoms with Crippen molar-refractivity contribution in [3.63, 3.8) is 0 Å². The van der Waals surface area contributed by atoms with Gasteiger partial charge in [0, 0.05) is 46.3 Å². The third-order valence-corrected chi connectivity index (χ3v) is 6.82. The summed E-state index contributed by atoms with van der Waals surface area (Å²) in [5.41, 5.74) is 1.04. The van der Waals surface area contributed by atoms with Gasteiger partial charge in [0.05, 0.1) is 15.7 Å². The number of halogens is 2. The van der Waals surface area contributed by atoms with Crippen molar-refractivity contribution in [3.8, 4) is 0 Å². The molecular formula is C21H32Cl2N4O. The molecular weight excluding hydrogens is 395 g/mol. The van der Waals surface area contributed by atoms with Gasteiger partial charge in [-0.05, 0) is 43.9 Å². The minimum atomic E-state index is 0.0291. The molecule has 3 rings (SSSR count). The molecule has 2 amide bonds. The van der Waals surface area contributed by atoms with Gasteiger partial charge in [-0.3, -0.25) is 4.90 Å². The molecule has 1 heterocycles. The van der Waals surface area contributed by atoms with Crippen LogP contribution in [0.15, 0.2) is 18.2 Å². The summed E-state index contributed by atoms with van der Waals surface area (Å²) in [6.45, 7) is 5.20. The van der Waals surface area contributed by atoms with E-state index < -0.39 is 0 Å². The van der Waals surface area contributed by atoms with E-state index in [0.29, 0.717) is 22.0 Å². The number of benzene rings is 1. The number of nitrogens with one attached hydrogen (secondary N) is 1. The van der Waals surface area contributed by atoms with Crippen LogP contribution >= 0.6 is 23.2 Å². The lowest BCUT2D eigenvalue weighted by atomic mass is 9.83. The Bertz CT molecular complexity index is 662. The molecule has 0 spiro atoms. The first-order valence-corrected chi connectivity index (χ1v) is 11.1. The summed E-state index contributed by atoms with van der Waals surface area (Å²) in [4.78, 5) is 18.4. The van der Waals surface area contributed by atoms with Gasteiger partial charge in [0.15, 0.2) is 0 Å². The van der Waals surface area contributed by atoms with E-state index >= 15 is 0 Å². The highest BCUT2D eigenvalue weighted by molar-refractivity contribution is 6.43. The Hall–Kier alpha value is -1.17. The zero-order chi connectivity index (χ0) is 20.1. The minimum Gasteiger partial charge on any atom is -0.368 e. The number of amides is 2. The van der Waals surface area contributed by atoms with Gasteiger partial charge in [0.25, 0.3) is 0 Å². The maximum atomic E-state index is 11.9. The SMILES string of the molecule is CN(C)C(=O)NC1CCCC(CCN2CCN(c3cccc(Cl)c3Cl)CC2)C1. The van der Waals surface area contributed by atoms with Crippen LogP contribution in [0.2, 0.25) is 10.0 Å². The van der Waals surface area contributed by atoms with E-state index in [-0.39, 0.29) is 6.03 Å². The fourth-order valence-corrected chi connectivity index (χ4v) is 4.72. The maximum absolute atomic E-state index is 11.9. The molecule has 28 heavy (non-hydrogen) atoms. The first-order chi connectivity index (χ1) is 13.4. The highest BCUT2D eigenvalue weighted by atomic mass is 35.5. The Labute approximate surface area is 178 Å². The van der Waals surface area contributed by atoms with Crippen molar-refractivity contribution in [1.29, 1.82) is 0 Å². The summed E-state index contributed by atoms with van der Waals surface area (Å²) in [7, 11) is 3.59. The molecule has 1 aromatic carbocycles. The van der Waals surface area contributed by atoms with E-state index in [1.165, 1.54) is 19.3 Å². The van der Waals surface area contributed by atoms with Crippen LogP contribution in [-0.4, -0.2) is 68.7 Å². The average molecular weight is 427 g/mol. The van der Waals surface area contributed by atoms with Gasteiger partial charge in [-0.15, -0.1) is 0 Å². The van der Waals surface area contributed by atoms with Gasteiger partial charge in [0.2, 0.25) is 0 Å². The molecule has 0 aromatic heterocycles. The van der Waals surface area contributed by atoms with Crippen molar-refractivity contribution in [2.75, 3.05) is 51.7 Å². The molecule has 1 saturated carbocycles. The summed E-state index contributed by atoms with van der Waals surface area (Å²) in [5.74, 6) is 0.710. The van der Waals surface area contributed by atoms with Gasteiger partial charge < -0.3 is 15.1 Å². The lowest BCUT2D eigenvalue weighted by Crippen LogP contribution is -2.47. The van der Waals surface area contributed by atoms with Crippen LogP contribution in [0, 0.1) is 5.92 Å². The molecule has 1 aliphatic carbocycles. The molecule has 5 nitrogen and oxygen atoms in total. The summed E-state index contributed by atoms with van der Waals surface area (Å²) in [6, 6.07) is 6.21. The van der Waals surface area contributed by atoms with Gasteiger partial charge >= 0.3 is 6.03 Å². The number of hydrogen-bond donors (Lipinski definition) is 1. The lowest BCUT2D eigenvalue weighted by molar-refractivity contribution is 0.191. The van der Waals surface area contributed by atoms with Crippen molar-refractivity contribution in [2.45, 2.75) is 38.1 Å². The molecule has 0 radical (unpaired) electrons. The highest BCUT2D eigenvalue weighted by Gasteiger charge is 2.25. The number of urea groups is 1. The number of piperazine rings is 1. The molecule has 1 aromatic rings. The Morgan fingerprint density at radius 2 is 1.93 bits per heavy atom. The smallest absolute Gasteiger partial charge is 0.317 e. The molecule has 2 atom stereocenters. The zero-order valence-electron chi connectivity index (χ0n) is 17.0. The molecule has 1 saturated heterocycles. The standard InChI is InChI=1S/C21H32Cl2N4O/c1-25(2)21(28)24-17-6-3-5-16(15-17)9-10-26-11-13-27(14-12-26)19-8-4-7-18(22)20(19)23/h4,7-8,16-17H,3,5-6,9-15H2,1-2H3,(H,24,28). The van der Waals surface area contributed by atoms with E-state index in [2.05, 4.69) is 15.1 Å². The second kappa shape index (κ2) is 10.0. The second-order valence-electron chi connectivity index (χ2n) is 8.26. The fourth-order valence-electron chi connectivity index (χ4n) is 4.30. The van der Waals surface area contributed by atoms with Crippen molar-refractivity contribution in [2.24, 2.45) is 5.92 Å². The molecule has 2 aliphatic rings. The first kappa shape index (κ1) is 21.5. The number of carbonyl (C=O) groups excluding carboxylic acids is 1. The third-order valence-electron chi connectivity index (χ3n) is 6.01. The second-order valence-corrected chi connectivity index (χ2v) is 9.05. The normalized spacial score (nSPS) is 23.5. The van der Waals surface area contributed by atoms with Crippen LogP contribution < -0.4 is 10.2 Å². The quantitative estimate of drug-likeness (QED) is 0.760. The van der Waals surface area contributed by atoms with Crippen molar-refractivity contribution < 1.29 is 4.79 Å². The zero-order valence-corrected chi connectivity index (χ0v) is 18.5. The van der Waals surface area contributed by atoms with Gasteiger partial charge in [-0.2, -0.15) is 0 Å². The van der Waals surface area contributed by atoms with Crippen molar-refractivity contribution in [3.05, 3.63) is 28.2 Å². The molecule has 0 bridgehead atoms. The van der Waals surface area contributed by atoms with Gasteiger partial charge in [0.1, 0.15) is 0 Å². The monoisotopic (exact) mass is 426 g/mol. The predicted molar refractivity (Wildman–Crippen MR) is 118 cm³/mol. The van der Waals surface area contributed by atoms with E-state index in [9.17, 15) is 4.79 Å². The Kier molecular flexibility index (Phi) is 7.72. The van der Waals surface area contributed by atoms with Crippen LogP contribution in [0.4, 0.5) is 10.5 Å². The molecule has 156 valence electrons. The Morgan fingerprint density at radius 3 is 2.64 bits per heavy atom. The van der Waals surface area contributed by atoms with Crippen molar-refractivity contribution in [1.82, 2.24) is 15.1 Å². The molecule has 1 N–H and O–H groups in total. The maximum Gasteiger partial charge on any atom is 0.317 e. The van der Waals surface area contributed by atoms with Crippen molar-refractivity contribution >= 4 is 34.9 Å². The fraction of sp³-hybridized carbons (Fsp3) is 0.667. The highest BCUT2D eigenvalue weighted by Crippen LogP contribution is 2.33. The van der Waals surface area contributed by atoms with Gasteiger partial charge in [-0.25, -0.2) is 4.79 Å². The molecule has 2 unspecified atom stereocenters. The largest absolute Gasteiger partial charge is 0.368 e. The lowest BCUT2D eigenvalue weighted by Gasteiger charge is -2.38. The minimum absolute atomic E-state index is 0.0291. The number of carbonyl (C=O) groups is 1. The van der Waals surface area contributed by atoms with E-state index in [0.717, 1.165) is 51.3 Å². The summed E-state index contributed by atoms with van der Waals surface area (Å²) >= 11 is 12.5. The van der Waals surface area contributed by atoms with Gasteiger partial charge in [-0.1, -0.05) is 42.1 Å². The Morgan fingerprint density at radius 1 is 1.18 bits per heavy atom. The van der Waals surface area contributed by atoms with Crippen LogP contribution in [0.5, 0.6) is 0 Å². The summed E-state index contributed by atoms with van der Waals surface area (Å²) in [6.07, 6.45) is 5.93. The number of nitrogens with zero attached hydrogens (tertiary/aromatic N) is 3. The third kappa shape index (κ3) is 5.68. The average Bonchev–Trinajstić information content (AvgIpc) is 2.69. The van der Waals surface area contributed by atoms with E-state index in [1.807, 2.05) is 18.2 Å². The Balaban J connectivity index is 1.41. The van der Waals surface area contributed by atoms with E-state index in [4.69, 9.17) is 23.2 Å². The van der Waals surface area contributed by atoms with Crippen LogP contribution in [0.25, 0.3) is 0 Å². The number of anilines is 1. The van der Waals surface area contributed by atoms with Crippen LogP contribution in [0.3, 0.4) is 0 Å². The number of rotatable bonds is 5. The van der Waals surface area contributed by atoms with E-state index in [1.54, 1.807) is 19.0 Å². The number of hydrogen-bond acceptors (Lipinski definition) is 3. The van der Waals surface area contributed by atoms with Crippen LogP contribution in [0.1, 0.15) is 32.1 Å². The molecule has 2 fully saturated rings. The van der Waals surface area contributed by atoms with Crippen LogP contribution in [-0.2, 0) is 0 Å².